The van der Waals surface area contributed by atoms with Crippen molar-refractivity contribution in [3.63, 3.8) is 0 Å². The topological polar surface area (TPSA) is 70.0 Å². The second kappa shape index (κ2) is 4.07. The molecule has 78 valence electrons. The van der Waals surface area contributed by atoms with Crippen molar-refractivity contribution < 1.29 is 19.3 Å². The van der Waals surface area contributed by atoms with Crippen molar-refractivity contribution in [1.82, 2.24) is 4.67 Å². The minimum Gasteiger partial charge on any atom is -0.394 e. The predicted octanol–water partition coefficient (Wildman–Crippen LogP) is -0.117. The van der Waals surface area contributed by atoms with Gasteiger partial charge >= 0.3 is 0 Å². The summed E-state index contributed by atoms with van der Waals surface area (Å²) in [5.41, 5.74) is 0. The van der Waals surface area contributed by atoms with Gasteiger partial charge in [0.15, 0.2) is 0 Å². The first-order valence-corrected chi connectivity index (χ1v) is 6.31. The zero-order valence-electron chi connectivity index (χ0n) is 7.88. The van der Waals surface area contributed by atoms with Crippen molar-refractivity contribution in [2.45, 2.75) is 19.1 Å². The van der Waals surface area contributed by atoms with E-state index in [9.17, 15) is 9.46 Å². The Bertz CT molecular complexity index is 217. The lowest BCUT2D eigenvalue weighted by atomic mass is 10.2. The largest absolute Gasteiger partial charge is 0.394 e. The fourth-order valence-corrected chi connectivity index (χ4v) is 2.44. The smallest absolute Gasteiger partial charge is 0.267 e. The van der Waals surface area contributed by atoms with E-state index in [4.69, 9.17) is 9.84 Å². The Morgan fingerprint density at radius 3 is 2.69 bits per heavy atom. The highest BCUT2D eigenvalue weighted by Crippen LogP contribution is 2.42. The Balaban J connectivity index is 2.62. The molecule has 1 aliphatic heterocycles. The van der Waals surface area contributed by atoms with Crippen LogP contribution in [-0.2, 0) is 9.30 Å². The molecule has 0 radical (unpaired) electrons. The van der Waals surface area contributed by atoms with Crippen LogP contribution in [0.5, 0.6) is 0 Å². The molecule has 1 rings (SSSR count). The summed E-state index contributed by atoms with van der Waals surface area (Å²) in [5, 5.41) is 8.87. The number of aliphatic hydroxyl groups excluding tert-OH is 1. The van der Waals surface area contributed by atoms with E-state index >= 15 is 0 Å². The highest BCUT2D eigenvalue weighted by Gasteiger charge is 2.32. The Morgan fingerprint density at radius 2 is 2.23 bits per heavy atom. The van der Waals surface area contributed by atoms with Gasteiger partial charge < -0.3 is 14.7 Å². The maximum Gasteiger partial charge on any atom is 0.267 e. The van der Waals surface area contributed by atoms with Crippen molar-refractivity contribution in [3.8, 4) is 0 Å². The summed E-state index contributed by atoms with van der Waals surface area (Å²) in [6, 6.07) is 0. The molecule has 1 heterocycles. The van der Waals surface area contributed by atoms with E-state index in [1.54, 1.807) is 0 Å². The SMILES string of the molecule is C[C@H]1CN(P(C)(=O)O)C[C@@H](CO)O1. The van der Waals surface area contributed by atoms with Crippen LogP contribution < -0.4 is 0 Å². The molecule has 2 N–H and O–H groups in total. The third-order valence-electron chi connectivity index (χ3n) is 2.04. The number of nitrogens with zero attached hydrogens (tertiary/aromatic N) is 1. The third kappa shape index (κ3) is 3.04. The number of ether oxygens (including phenoxy) is 1. The molecule has 0 aromatic carbocycles. The van der Waals surface area contributed by atoms with Crippen LogP contribution in [0.1, 0.15) is 6.92 Å². The Morgan fingerprint density at radius 1 is 1.62 bits per heavy atom. The Labute approximate surface area is 77.8 Å². The van der Waals surface area contributed by atoms with E-state index in [2.05, 4.69) is 0 Å². The van der Waals surface area contributed by atoms with Gasteiger partial charge in [0, 0.05) is 19.8 Å². The van der Waals surface area contributed by atoms with Crippen LogP contribution in [0.4, 0.5) is 0 Å². The van der Waals surface area contributed by atoms with Gasteiger partial charge in [0.1, 0.15) is 0 Å². The van der Waals surface area contributed by atoms with E-state index in [0.717, 1.165) is 0 Å². The summed E-state index contributed by atoms with van der Waals surface area (Å²) in [6.07, 6.45) is -0.449. The third-order valence-corrected chi connectivity index (χ3v) is 3.41. The lowest BCUT2D eigenvalue weighted by molar-refractivity contribution is -0.0773. The molecule has 0 aliphatic carbocycles. The van der Waals surface area contributed by atoms with Crippen LogP contribution in [0.2, 0.25) is 0 Å². The summed E-state index contributed by atoms with van der Waals surface area (Å²) >= 11 is 0. The summed E-state index contributed by atoms with van der Waals surface area (Å²) in [4.78, 5) is 9.32. The first-order valence-electron chi connectivity index (χ1n) is 4.25. The van der Waals surface area contributed by atoms with Gasteiger partial charge in [-0.05, 0) is 6.92 Å². The summed E-state index contributed by atoms with van der Waals surface area (Å²) in [7, 11) is -3.19. The average Bonchev–Trinajstić information content (AvgIpc) is 2.01. The van der Waals surface area contributed by atoms with Gasteiger partial charge in [-0.2, -0.15) is 0 Å². The van der Waals surface area contributed by atoms with E-state index in [1.807, 2.05) is 6.92 Å². The van der Waals surface area contributed by atoms with Gasteiger partial charge in [-0.25, -0.2) is 4.67 Å². The molecule has 13 heavy (non-hydrogen) atoms. The highest BCUT2D eigenvalue weighted by atomic mass is 31.2. The number of aliphatic hydroxyl groups is 1. The van der Waals surface area contributed by atoms with E-state index in [0.29, 0.717) is 13.1 Å². The molecule has 0 aromatic rings. The van der Waals surface area contributed by atoms with Gasteiger partial charge in [0.05, 0.1) is 18.8 Å². The number of hydrogen-bond acceptors (Lipinski definition) is 3. The molecule has 0 saturated carbocycles. The summed E-state index contributed by atoms with van der Waals surface area (Å²) < 4.78 is 18.1. The zero-order chi connectivity index (χ0) is 10.1. The molecule has 5 nitrogen and oxygen atoms in total. The predicted molar refractivity (Wildman–Crippen MR) is 48.7 cm³/mol. The Kier molecular flexibility index (Phi) is 3.49. The van der Waals surface area contributed by atoms with Crippen LogP contribution in [0, 0.1) is 0 Å². The number of hydrogen-bond donors (Lipinski definition) is 2. The Hall–Kier alpha value is 0.0700. The van der Waals surface area contributed by atoms with Crippen LogP contribution in [0.25, 0.3) is 0 Å². The van der Waals surface area contributed by atoms with Crippen molar-refractivity contribution in [2.24, 2.45) is 0 Å². The van der Waals surface area contributed by atoms with Crippen LogP contribution in [0.3, 0.4) is 0 Å². The highest BCUT2D eigenvalue weighted by molar-refractivity contribution is 7.54. The molecule has 0 aromatic heterocycles. The molecule has 6 heteroatoms. The van der Waals surface area contributed by atoms with Crippen molar-refractivity contribution in [1.29, 1.82) is 0 Å². The van der Waals surface area contributed by atoms with Crippen LogP contribution >= 0.6 is 7.52 Å². The second-order valence-electron chi connectivity index (χ2n) is 3.46. The quantitative estimate of drug-likeness (QED) is 0.620. The molecule has 0 amide bonds. The summed E-state index contributed by atoms with van der Waals surface area (Å²) in [5.74, 6) is 0. The fourth-order valence-electron chi connectivity index (χ4n) is 1.42. The van der Waals surface area contributed by atoms with Crippen molar-refractivity contribution in [2.75, 3.05) is 26.4 Å². The van der Waals surface area contributed by atoms with Gasteiger partial charge in [0.25, 0.3) is 7.52 Å². The molecule has 0 bridgehead atoms. The normalized spacial score (nSPS) is 35.7. The van der Waals surface area contributed by atoms with Crippen LogP contribution in [0.15, 0.2) is 0 Å². The van der Waals surface area contributed by atoms with E-state index in [-0.39, 0.29) is 18.8 Å². The van der Waals surface area contributed by atoms with E-state index < -0.39 is 7.52 Å². The average molecular weight is 209 g/mol. The minimum atomic E-state index is -3.19. The maximum absolute atomic E-state index is 11.3. The van der Waals surface area contributed by atoms with Crippen molar-refractivity contribution >= 4 is 7.52 Å². The molecule has 1 fully saturated rings. The standard InChI is InChI=1S/C7H16NO4P/c1-6-3-8(13(2,10)11)4-7(5-9)12-6/h6-7,9H,3-5H2,1-2H3,(H,10,11)/t6-,7-/m0/s1. The van der Waals surface area contributed by atoms with E-state index in [1.165, 1.54) is 11.3 Å². The molecule has 3 atom stereocenters. The first kappa shape index (κ1) is 11.1. The zero-order valence-corrected chi connectivity index (χ0v) is 8.78. The van der Waals surface area contributed by atoms with Gasteiger partial charge in [-0.15, -0.1) is 0 Å². The van der Waals surface area contributed by atoms with Crippen LogP contribution in [-0.4, -0.2) is 53.2 Å². The number of rotatable bonds is 2. The molecule has 0 spiro atoms. The maximum atomic E-state index is 11.3. The first-order chi connectivity index (χ1) is 5.93. The van der Waals surface area contributed by atoms with Gasteiger partial charge in [-0.3, -0.25) is 4.57 Å². The molecular weight excluding hydrogens is 193 g/mol. The molecule has 1 unspecified atom stereocenters. The molecular formula is C7H16NO4P. The molecule has 1 saturated heterocycles. The minimum absolute atomic E-state index is 0.105. The monoisotopic (exact) mass is 209 g/mol. The van der Waals surface area contributed by atoms with Crippen molar-refractivity contribution in [3.05, 3.63) is 0 Å². The number of morpholine rings is 1. The fraction of sp³-hybridized carbons (Fsp3) is 1.00. The second-order valence-corrected chi connectivity index (χ2v) is 5.69. The molecule has 1 aliphatic rings. The lowest BCUT2D eigenvalue weighted by Gasteiger charge is -2.36. The lowest BCUT2D eigenvalue weighted by Crippen LogP contribution is -2.46. The van der Waals surface area contributed by atoms with Gasteiger partial charge in [0.2, 0.25) is 0 Å². The summed E-state index contributed by atoms with van der Waals surface area (Å²) in [6.45, 7) is 3.79. The van der Waals surface area contributed by atoms with Gasteiger partial charge in [-0.1, -0.05) is 0 Å².